The minimum atomic E-state index is 1.12. The lowest BCUT2D eigenvalue weighted by Crippen LogP contribution is -2.04. The second kappa shape index (κ2) is 25.4. The van der Waals surface area contributed by atoms with Crippen LogP contribution >= 0.6 is 0 Å². The van der Waals surface area contributed by atoms with Crippen LogP contribution < -0.4 is 0 Å². The second-order valence-electron chi connectivity index (χ2n) is 35.4. The van der Waals surface area contributed by atoms with Gasteiger partial charge in [-0.25, -0.2) is 0 Å². The molecule has 0 saturated heterocycles. The van der Waals surface area contributed by atoms with E-state index in [4.69, 9.17) is 0 Å². The Morgan fingerprint density at radius 2 is 0.430 bits per heavy atom. The molecule has 0 atom stereocenters. The fourth-order valence-corrected chi connectivity index (χ4v) is 24.2. The van der Waals surface area contributed by atoms with Gasteiger partial charge in [0, 0.05) is 88.2 Å². The van der Waals surface area contributed by atoms with Crippen LogP contribution in [-0.4, -0.2) is 18.3 Å². The summed E-state index contributed by atoms with van der Waals surface area (Å²) in [5.41, 5.74) is 41.2. The van der Waals surface area contributed by atoms with Crippen molar-refractivity contribution in [1.82, 2.24) is 18.3 Å². The highest BCUT2D eigenvalue weighted by atomic mass is 15.0. The molecule has 0 bridgehead atoms. The Hall–Kier alpha value is -16.9. The standard InChI is InChI=1S/C124H70N4/c1-2-25-78-71(24-1)52-58-85-79-62-56-76(68-73(79)54-60-84(78)85)125-108-46-17-13-36-102(108)117-91-29-6-10-33-97(91)122-118(90-28-5-9-32-96(90)121(117)125)103-37-14-18-47-109(103)126(122)77-57-63-80-74(69-77)55-61-87-86(80)59-53-72-50-51-75(70-107(72)87)81-40-21-42-89-95-65-67-113(101-44-23-45-106(114(81)89)116(95)101)128-111-49-20-16-39-105(111)120-92-30-7-11-34-98(92)123-119(93-31-8-12-35-99(93)124(120)128)104-38-15-19-48-110(104)127(123)112-66-64-94-83-27-4-3-26-82(83)88-41-22-43-100(112)115(88)94/h1-70H. The summed E-state index contributed by atoms with van der Waals surface area (Å²) < 4.78 is 10.3. The zero-order valence-electron chi connectivity index (χ0n) is 69.2. The normalized spacial score (nSPS) is 12.5. The monoisotopic (exact) mass is 1610 g/mol. The van der Waals surface area contributed by atoms with Gasteiger partial charge in [-0.3, -0.25) is 0 Å². The molecule has 0 fully saturated rings. The lowest BCUT2D eigenvalue weighted by molar-refractivity contribution is 1.13. The molecule has 26 aromatic rings. The molecule has 0 radical (unpaired) electrons. The molecule has 0 aliphatic heterocycles. The van der Waals surface area contributed by atoms with Crippen LogP contribution in [0.5, 0.6) is 0 Å². The molecule has 4 heterocycles. The summed E-state index contributed by atoms with van der Waals surface area (Å²) in [6.07, 6.45) is 0. The van der Waals surface area contributed by atoms with Crippen molar-refractivity contribution in [3.63, 3.8) is 0 Å². The van der Waals surface area contributed by atoms with Crippen LogP contribution in [0.2, 0.25) is 0 Å². The van der Waals surface area contributed by atoms with Gasteiger partial charge in [0.15, 0.2) is 0 Å². The van der Waals surface area contributed by atoms with Gasteiger partial charge in [0.2, 0.25) is 0 Å². The molecule has 4 aromatic heterocycles. The smallest absolute Gasteiger partial charge is 0.0626 e. The first-order valence-electron chi connectivity index (χ1n) is 44.6. The highest BCUT2D eigenvalue weighted by molar-refractivity contribution is 6.27. The lowest BCUT2D eigenvalue weighted by Gasteiger charge is -2.24. The molecule has 128 heavy (non-hydrogen) atoms. The third-order valence-corrected chi connectivity index (χ3v) is 29.3. The summed E-state index contributed by atoms with van der Waals surface area (Å²) >= 11 is 0. The Balaban J connectivity index is 0.550. The largest absolute Gasteiger partial charge is 0.309 e. The number of rotatable bonds is 5. The highest BCUT2D eigenvalue weighted by Crippen LogP contribution is 2.61. The molecule has 586 valence electrons. The van der Waals surface area contributed by atoms with Crippen LogP contribution in [0.4, 0.5) is 0 Å². The lowest BCUT2D eigenvalue weighted by atomic mass is 9.84. The predicted octanol–water partition coefficient (Wildman–Crippen LogP) is 33.6. The number of aromatic nitrogens is 4. The molecule has 0 N–H and O–H groups in total. The van der Waals surface area contributed by atoms with Crippen LogP contribution in [0, 0.1) is 0 Å². The van der Waals surface area contributed by atoms with Crippen molar-refractivity contribution >= 4 is 130 Å². The van der Waals surface area contributed by atoms with E-state index in [1.807, 2.05) is 0 Å². The van der Waals surface area contributed by atoms with Gasteiger partial charge >= 0.3 is 0 Å². The van der Waals surface area contributed by atoms with E-state index in [2.05, 4.69) is 443 Å². The van der Waals surface area contributed by atoms with E-state index in [0.29, 0.717) is 0 Å². The quantitative estimate of drug-likeness (QED) is 0.153. The van der Waals surface area contributed by atoms with Crippen molar-refractivity contribution in [2.24, 2.45) is 0 Å². The van der Waals surface area contributed by atoms with Crippen molar-refractivity contribution in [3.05, 3.63) is 425 Å². The third-order valence-electron chi connectivity index (χ3n) is 29.3. The number of benzene rings is 22. The molecule has 0 amide bonds. The number of hydrogen-bond acceptors (Lipinski definition) is 0. The SMILES string of the molecule is c1ccc2c(c1)-c1c(n(-c3ccc4c(ccc5c6ccccc6ccc45)c3)c3ccccc13)-c1ccccc1-c1c-2n(-c2ccc3c(ccc4c5cc(-c6cccc7c6-c6cccc8c(-n9c%10c(c%11ccccc%119)-c9ccccc9-c9c(c%11ccccc%11n9-c9ccc%11c%12c(cccc9%12)-c9ccccc9-%11)-c9ccccc9-%10)ccc-7c68)ccc5ccc34)c2)c2ccccc12. The molecule has 0 saturated carbocycles. The zero-order chi connectivity index (χ0) is 83.0. The molecule has 4 nitrogen and oxygen atoms in total. The molecule has 0 spiro atoms. The van der Waals surface area contributed by atoms with Gasteiger partial charge in [-0.05, 0) is 220 Å². The van der Waals surface area contributed by atoms with Crippen molar-refractivity contribution in [1.29, 1.82) is 0 Å². The van der Waals surface area contributed by atoms with Crippen LogP contribution in [0.1, 0.15) is 0 Å². The number of hydrogen-bond donors (Lipinski definition) is 0. The summed E-state index contributed by atoms with van der Waals surface area (Å²) in [7, 11) is 0. The van der Waals surface area contributed by atoms with Gasteiger partial charge in [-0.15, -0.1) is 0 Å². The van der Waals surface area contributed by atoms with E-state index in [1.165, 1.54) is 275 Å². The topological polar surface area (TPSA) is 19.7 Å². The van der Waals surface area contributed by atoms with Crippen molar-refractivity contribution < 1.29 is 0 Å². The maximum absolute atomic E-state index is 2.62. The summed E-state index contributed by atoms with van der Waals surface area (Å²) in [4.78, 5) is 0. The molecule has 4 aliphatic rings. The molecule has 4 heteroatoms. The average Bonchev–Trinajstić information content (AvgIpc) is 1.53. The van der Waals surface area contributed by atoms with Crippen molar-refractivity contribution in [2.45, 2.75) is 0 Å². The number of fused-ring (bicyclic) bond motifs is 40. The molecule has 30 rings (SSSR count). The Kier molecular flexibility index (Phi) is 13.6. The van der Waals surface area contributed by atoms with Crippen molar-refractivity contribution in [2.75, 3.05) is 0 Å². The molecular formula is C124H70N4. The fraction of sp³-hybridized carbons (Fsp3) is 0. The van der Waals surface area contributed by atoms with E-state index in [0.717, 1.165) is 22.6 Å². The van der Waals surface area contributed by atoms with Gasteiger partial charge in [0.05, 0.1) is 56.2 Å². The maximum atomic E-state index is 2.62. The Morgan fingerprint density at radius 3 is 0.906 bits per heavy atom. The number of nitrogens with zero attached hydrogens (tertiary/aromatic N) is 4. The first-order valence-corrected chi connectivity index (χ1v) is 44.6. The van der Waals surface area contributed by atoms with E-state index in [-0.39, 0.29) is 0 Å². The summed E-state index contributed by atoms with van der Waals surface area (Å²) in [6, 6.07) is 162. The van der Waals surface area contributed by atoms with E-state index >= 15 is 0 Å². The fourth-order valence-electron chi connectivity index (χ4n) is 24.2. The molecular weight excluding hydrogens is 1550 g/mol. The minimum Gasteiger partial charge on any atom is -0.309 e. The van der Waals surface area contributed by atoms with Crippen LogP contribution in [0.25, 0.3) is 298 Å². The van der Waals surface area contributed by atoms with Crippen LogP contribution in [-0.2, 0) is 0 Å². The summed E-state index contributed by atoms with van der Waals surface area (Å²) in [5.74, 6) is 0. The Bertz CT molecular complexity index is 9560. The van der Waals surface area contributed by atoms with Gasteiger partial charge < -0.3 is 18.3 Å². The second-order valence-corrected chi connectivity index (χ2v) is 35.4. The van der Waals surface area contributed by atoms with Crippen molar-refractivity contribution in [3.8, 4) is 168 Å². The number of para-hydroxylation sites is 4. The van der Waals surface area contributed by atoms with E-state index < -0.39 is 0 Å². The van der Waals surface area contributed by atoms with E-state index in [1.54, 1.807) is 0 Å². The summed E-state index contributed by atoms with van der Waals surface area (Å²) in [6.45, 7) is 0. The van der Waals surface area contributed by atoms with Gasteiger partial charge in [-0.1, -0.05) is 358 Å². The first kappa shape index (κ1) is 68.6. The van der Waals surface area contributed by atoms with Crippen LogP contribution in [0.3, 0.4) is 0 Å². The third kappa shape index (κ3) is 9.01. The average molecular weight is 1620 g/mol. The van der Waals surface area contributed by atoms with Gasteiger partial charge in [0.25, 0.3) is 0 Å². The van der Waals surface area contributed by atoms with E-state index in [9.17, 15) is 0 Å². The Morgan fingerprint density at radius 1 is 0.133 bits per heavy atom. The zero-order valence-corrected chi connectivity index (χ0v) is 69.2. The first-order chi connectivity index (χ1) is 63.6. The predicted molar refractivity (Wildman–Crippen MR) is 539 cm³/mol. The molecule has 0 unspecified atom stereocenters. The van der Waals surface area contributed by atoms with Gasteiger partial charge in [0.1, 0.15) is 0 Å². The highest BCUT2D eigenvalue weighted by Gasteiger charge is 2.38. The minimum absolute atomic E-state index is 1.12. The maximum Gasteiger partial charge on any atom is 0.0626 e. The van der Waals surface area contributed by atoms with Crippen LogP contribution in [0.15, 0.2) is 425 Å². The Labute approximate surface area is 735 Å². The molecule has 4 aliphatic carbocycles. The molecule has 22 aromatic carbocycles. The van der Waals surface area contributed by atoms with Gasteiger partial charge in [-0.2, -0.15) is 0 Å². The summed E-state index contributed by atoms with van der Waals surface area (Å²) in [5, 5.41) is 24.8.